The second-order valence-corrected chi connectivity index (χ2v) is 7.06. The predicted molar refractivity (Wildman–Crippen MR) is 92.6 cm³/mol. The lowest BCUT2D eigenvalue weighted by molar-refractivity contribution is 0.102. The molecule has 0 radical (unpaired) electrons. The van der Waals surface area contributed by atoms with Gasteiger partial charge in [0.25, 0.3) is 5.91 Å². The van der Waals surface area contributed by atoms with Crippen molar-refractivity contribution in [3.05, 3.63) is 54.1 Å². The number of carbonyl (C=O) groups is 1. The van der Waals surface area contributed by atoms with Crippen LogP contribution in [0.25, 0.3) is 0 Å². The van der Waals surface area contributed by atoms with E-state index in [1.165, 1.54) is 40.7 Å². The molecule has 2 aromatic rings. The monoisotopic (exact) mass is 348 g/mol. The highest BCUT2D eigenvalue weighted by Crippen LogP contribution is 2.18. The largest absolute Gasteiger partial charge is 0.508 e. The molecule has 0 aliphatic carbocycles. The Balaban J connectivity index is 2.18. The molecular weight excluding hydrogens is 328 g/mol. The second kappa shape index (κ2) is 7.46. The van der Waals surface area contributed by atoms with Gasteiger partial charge in [-0.25, -0.2) is 8.42 Å². The van der Waals surface area contributed by atoms with Crippen LogP contribution in [0.5, 0.6) is 5.75 Å². The summed E-state index contributed by atoms with van der Waals surface area (Å²) in [5.74, 6) is -0.333. The average Bonchev–Trinajstić information content (AvgIpc) is 2.56. The summed E-state index contributed by atoms with van der Waals surface area (Å²) in [5, 5.41) is 12.0. The first-order chi connectivity index (χ1) is 11.4. The molecule has 128 valence electrons. The van der Waals surface area contributed by atoms with Crippen molar-refractivity contribution in [2.24, 2.45) is 0 Å². The fourth-order valence-electron chi connectivity index (χ4n) is 2.28. The average molecular weight is 348 g/mol. The summed E-state index contributed by atoms with van der Waals surface area (Å²) in [4.78, 5) is 12.3. The second-order valence-electron chi connectivity index (χ2n) is 5.12. The van der Waals surface area contributed by atoms with E-state index in [-0.39, 0.29) is 16.6 Å². The zero-order valence-electron chi connectivity index (χ0n) is 13.6. The molecular formula is C17H20N2O4S. The van der Waals surface area contributed by atoms with E-state index in [2.05, 4.69) is 5.32 Å². The number of hydrogen-bond donors (Lipinski definition) is 2. The minimum Gasteiger partial charge on any atom is -0.508 e. The van der Waals surface area contributed by atoms with E-state index in [0.29, 0.717) is 24.3 Å². The number of benzene rings is 2. The van der Waals surface area contributed by atoms with Crippen LogP contribution in [0.3, 0.4) is 0 Å². The number of anilines is 1. The van der Waals surface area contributed by atoms with Crippen LogP contribution in [0.2, 0.25) is 0 Å². The summed E-state index contributed by atoms with van der Waals surface area (Å²) >= 11 is 0. The zero-order valence-corrected chi connectivity index (χ0v) is 14.4. The van der Waals surface area contributed by atoms with Crippen LogP contribution in [0.1, 0.15) is 24.2 Å². The number of rotatable bonds is 6. The van der Waals surface area contributed by atoms with E-state index in [9.17, 15) is 18.3 Å². The summed E-state index contributed by atoms with van der Waals surface area (Å²) < 4.78 is 26.2. The summed E-state index contributed by atoms with van der Waals surface area (Å²) in [7, 11) is -3.54. The molecule has 0 fully saturated rings. The molecule has 2 aromatic carbocycles. The molecule has 6 nitrogen and oxygen atoms in total. The molecule has 0 bridgehead atoms. The molecule has 0 heterocycles. The molecule has 0 aliphatic heterocycles. The van der Waals surface area contributed by atoms with E-state index >= 15 is 0 Å². The molecule has 0 saturated carbocycles. The Morgan fingerprint density at radius 1 is 1.08 bits per heavy atom. The fraction of sp³-hybridized carbons (Fsp3) is 0.235. The Morgan fingerprint density at radius 2 is 1.71 bits per heavy atom. The number of nitrogens with one attached hydrogen (secondary N) is 1. The Labute approximate surface area is 141 Å². The summed E-state index contributed by atoms with van der Waals surface area (Å²) in [6.45, 7) is 4.33. The van der Waals surface area contributed by atoms with Gasteiger partial charge in [0.1, 0.15) is 5.75 Å². The van der Waals surface area contributed by atoms with Gasteiger partial charge in [0.15, 0.2) is 0 Å². The SMILES string of the molecule is CCN(CC)S(=O)(=O)c1ccc(C(=O)Nc2cccc(O)c2)cc1. The van der Waals surface area contributed by atoms with Crippen LogP contribution >= 0.6 is 0 Å². The van der Waals surface area contributed by atoms with Gasteiger partial charge in [-0.2, -0.15) is 4.31 Å². The maximum atomic E-state index is 12.4. The molecule has 7 heteroatoms. The smallest absolute Gasteiger partial charge is 0.255 e. The molecule has 2 N–H and O–H groups in total. The summed E-state index contributed by atoms with van der Waals surface area (Å²) in [6.07, 6.45) is 0. The standard InChI is InChI=1S/C17H20N2O4S/c1-3-19(4-2)24(22,23)16-10-8-13(9-11-16)17(21)18-14-6-5-7-15(20)12-14/h5-12,20H,3-4H2,1-2H3,(H,18,21). The molecule has 2 rings (SSSR count). The number of aromatic hydroxyl groups is 1. The Morgan fingerprint density at radius 3 is 2.25 bits per heavy atom. The van der Waals surface area contributed by atoms with Crippen LogP contribution in [0.4, 0.5) is 5.69 Å². The van der Waals surface area contributed by atoms with Crippen LogP contribution in [-0.4, -0.2) is 36.8 Å². The minimum absolute atomic E-state index is 0.0495. The Hall–Kier alpha value is -2.38. The van der Waals surface area contributed by atoms with Gasteiger partial charge < -0.3 is 10.4 Å². The van der Waals surface area contributed by atoms with Gasteiger partial charge in [-0.3, -0.25) is 4.79 Å². The number of phenolic OH excluding ortho intramolecular Hbond substituents is 1. The fourth-order valence-corrected chi connectivity index (χ4v) is 3.74. The van der Waals surface area contributed by atoms with Crippen LogP contribution in [0.15, 0.2) is 53.4 Å². The molecule has 1 amide bonds. The molecule has 0 unspecified atom stereocenters. The van der Waals surface area contributed by atoms with Gasteiger partial charge >= 0.3 is 0 Å². The number of nitrogens with zero attached hydrogens (tertiary/aromatic N) is 1. The van der Waals surface area contributed by atoms with Gasteiger partial charge in [-0.05, 0) is 36.4 Å². The summed E-state index contributed by atoms with van der Waals surface area (Å²) in [6, 6.07) is 12.0. The van der Waals surface area contributed by atoms with Crippen LogP contribution < -0.4 is 5.32 Å². The number of hydrogen-bond acceptors (Lipinski definition) is 4. The summed E-state index contributed by atoms with van der Waals surface area (Å²) in [5.41, 5.74) is 0.789. The van der Waals surface area contributed by atoms with E-state index in [0.717, 1.165) is 0 Å². The van der Waals surface area contributed by atoms with E-state index < -0.39 is 10.0 Å². The Kier molecular flexibility index (Phi) is 5.58. The van der Waals surface area contributed by atoms with Gasteiger partial charge in [0.05, 0.1) is 4.90 Å². The lowest BCUT2D eigenvalue weighted by Crippen LogP contribution is -2.30. The first kappa shape index (κ1) is 18.0. The van der Waals surface area contributed by atoms with Crippen molar-refractivity contribution in [3.8, 4) is 5.75 Å². The molecule has 24 heavy (non-hydrogen) atoms. The quantitative estimate of drug-likeness (QED) is 0.840. The van der Waals surface area contributed by atoms with Crippen molar-refractivity contribution < 1.29 is 18.3 Å². The van der Waals surface area contributed by atoms with Crippen molar-refractivity contribution in [1.29, 1.82) is 0 Å². The van der Waals surface area contributed by atoms with E-state index in [4.69, 9.17) is 0 Å². The first-order valence-electron chi connectivity index (χ1n) is 7.59. The number of amides is 1. The maximum absolute atomic E-state index is 12.4. The van der Waals surface area contributed by atoms with Gasteiger partial charge in [0, 0.05) is 30.4 Å². The molecule has 0 aromatic heterocycles. The number of sulfonamides is 1. The molecule has 0 spiro atoms. The maximum Gasteiger partial charge on any atom is 0.255 e. The highest BCUT2D eigenvalue weighted by atomic mass is 32.2. The third-order valence-corrected chi connectivity index (χ3v) is 5.63. The van der Waals surface area contributed by atoms with Crippen molar-refractivity contribution in [2.45, 2.75) is 18.7 Å². The van der Waals surface area contributed by atoms with Gasteiger partial charge in [-0.1, -0.05) is 19.9 Å². The third kappa shape index (κ3) is 3.93. The third-order valence-electron chi connectivity index (χ3n) is 3.56. The molecule has 0 aliphatic rings. The van der Waals surface area contributed by atoms with Crippen molar-refractivity contribution in [1.82, 2.24) is 4.31 Å². The number of carbonyl (C=O) groups excluding carboxylic acids is 1. The highest BCUT2D eigenvalue weighted by Gasteiger charge is 2.21. The van der Waals surface area contributed by atoms with Gasteiger partial charge in [-0.15, -0.1) is 0 Å². The van der Waals surface area contributed by atoms with E-state index in [1.807, 2.05) is 0 Å². The predicted octanol–water partition coefficient (Wildman–Crippen LogP) is 2.68. The van der Waals surface area contributed by atoms with Crippen molar-refractivity contribution in [3.63, 3.8) is 0 Å². The molecule has 0 saturated heterocycles. The number of phenols is 1. The normalized spacial score (nSPS) is 11.5. The zero-order chi connectivity index (χ0) is 17.7. The first-order valence-corrected chi connectivity index (χ1v) is 9.03. The lowest BCUT2D eigenvalue weighted by atomic mass is 10.2. The molecule has 0 atom stereocenters. The van der Waals surface area contributed by atoms with Crippen molar-refractivity contribution in [2.75, 3.05) is 18.4 Å². The topological polar surface area (TPSA) is 86.7 Å². The lowest BCUT2D eigenvalue weighted by Gasteiger charge is -2.18. The highest BCUT2D eigenvalue weighted by molar-refractivity contribution is 7.89. The van der Waals surface area contributed by atoms with Gasteiger partial charge in [0.2, 0.25) is 10.0 Å². The van der Waals surface area contributed by atoms with Crippen LogP contribution in [-0.2, 0) is 10.0 Å². The van der Waals surface area contributed by atoms with E-state index in [1.54, 1.807) is 26.0 Å². The Bertz CT molecular complexity index is 813. The van der Waals surface area contributed by atoms with Crippen molar-refractivity contribution >= 4 is 21.6 Å². The van der Waals surface area contributed by atoms with Crippen LogP contribution in [0, 0.1) is 0 Å². The minimum atomic E-state index is -3.54.